The third kappa shape index (κ3) is 5.94. The van der Waals surface area contributed by atoms with Crippen molar-refractivity contribution in [2.45, 2.75) is 26.2 Å². The van der Waals surface area contributed by atoms with Crippen LogP contribution in [-0.2, 0) is 16.4 Å². The predicted molar refractivity (Wildman–Crippen MR) is 76.1 cm³/mol. The van der Waals surface area contributed by atoms with E-state index in [0.717, 1.165) is 31.1 Å². The van der Waals surface area contributed by atoms with Gasteiger partial charge in [0, 0.05) is 6.07 Å². The molecule has 0 radical (unpaired) electrons. The average Bonchev–Trinajstić information content (AvgIpc) is 2.33. The molecule has 0 aliphatic rings. The van der Waals surface area contributed by atoms with Crippen molar-refractivity contribution >= 4 is 15.7 Å². The van der Waals surface area contributed by atoms with Crippen molar-refractivity contribution in [2.24, 2.45) is 0 Å². The minimum absolute atomic E-state index is 0.0725. The molecule has 0 atom stereocenters. The van der Waals surface area contributed by atoms with E-state index in [1.807, 2.05) is 6.07 Å². The molecule has 0 unspecified atom stereocenters. The molecule has 1 rings (SSSR count). The third-order valence-electron chi connectivity index (χ3n) is 2.52. The van der Waals surface area contributed by atoms with Crippen LogP contribution in [0.3, 0.4) is 0 Å². The molecule has 0 aliphatic heterocycles. The summed E-state index contributed by atoms with van der Waals surface area (Å²) in [7, 11) is -3.30. The molecule has 1 aromatic rings. The van der Waals surface area contributed by atoms with Crippen LogP contribution in [0.15, 0.2) is 18.2 Å². The van der Waals surface area contributed by atoms with Crippen LogP contribution in [0.4, 0.5) is 5.69 Å². The molecule has 0 saturated carbocycles. The van der Waals surface area contributed by atoms with E-state index in [9.17, 15) is 8.42 Å². The first-order chi connectivity index (χ1) is 8.96. The summed E-state index contributed by atoms with van der Waals surface area (Å²) in [6, 6.07) is 5.23. The molecule has 0 bridgehead atoms. The minimum Gasteiger partial charge on any atom is -0.491 e. The molecule has 0 heterocycles. The largest absolute Gasteiger partial charge is 0.491 e. The molecule has 0 spiro atoms. The van der Waals surface area contributed by atoms with Gasteiger partial charge in [0.05, 0.1) is 18.6 Å². The second kappa shape index (κ2) is 7.35. The third-order valence-corrected chi connectivity index (χ3v) is 3.13. The fraction of sp³-hybridized carbons (Fsp3) is 0.538. The smallest absolute Gasteiger partial charge is 0.229 e. The summed E-state index contributed by atoms with van der Waals surface area (Å²) in [5.74, 6) is 0.621. The van der Waals surface area contributed by atoms with Gasteiger partial charge in [-0.2, -0.15) is 0 Å². The Hall–Kier alpha value is -1.27. The number of hydrogen-bond donors (Lipinski definition) is 2. The maximum absolute atomic E-state index is 11.2. The van der Waals surface area contributed by atoms with E-state index in [4.69, 9.17) is 9.84 Å². The van der Waals surface area contributed by atoms with E-state index >= 15 is 0 Å². The van der Waals surface area contributed by atoms with Gasteiger partial charge >= 0.3 is 0 Å². The summed E-state index contributed by atoms with van der Waals surface area (Å²) in [6.45, 7) is 2.23. The maximum Gasteiger partial charge on any atom is 0.229 e. The Kier molecular flexibility index (Phi) is 6.11. The number of nitrogens with one attached hydrogen (secondary N) is 1. The zero-order chi connectivity index (χ0) is 14.3. The zero-order valence-corrected chi connectivity index (χ0v) is 12.2. The van der Waals surface area contributed by atoms with Crippen LogP contribution in [0, 0.1) is 0 Å². The van der Waals surface area contributed by atoms with Gasteiger partial charge in [0.2, 0.25) is 10.0 Å². The molecule has 0 fully saturated rings. The van der Waals surface area contributed by atoms with E-state index in [1.54, 1.807) is 12.1 Å². The fourth-order valence-electron chi connectivity index (χ4n) is 1.70. The van der Waals surface area contributed by atoms with Crippen molar-refractivity contribution in [3.05, 3.63) is 23.8 Å². The quantitative estimate of drug-likeness (QED) is 0.764. The number of hydrogen-bond acceptors (Lipinski definition) is 4. The Morgan fingerprint density at radius 1 is 1.37 bits per heavy atom. The Morgan fingerprint density at radius 2 is 2.11 bits per heavy atom. The highest BCUT2D eigenvalue weighted by Gasteiger charge is 2.08. The van der Waals surface area contributed by atoms with Gasteiger partial charge in [-0.3, -0.25) is 4.72 Å². The Morgan fingerprint density at radius 3 is 2.68 bits per heavy atom. The topological polar surface area (TPSA) is 75.6 Å². The number of rotatable bonds is 8. The summed E-state index contributed by atoms with van der Waals surface area (Å²) in [5.41, 5.74) is 1.49. The van der Waals surface area contributed by atoms with Crippen LogP contribution in [0.5, 0.6) is 5.75 Å². The Balaban J connectivity index is 2.93. The van der Waals surface area contributed by atoms with Crippen molar-refractivity contribution in [1.29, 1.82) is 0 Å². The number of ether oxygens (including phenoxy) is 1. The molecule has 0 aliphatic carbocycles. The number of aliphatic hydroxyl groups excluding tert-OH is 1. The lowest BCUT2D eigenvalue weighted by Crippen LogP contribution is -2.10. The van der Waals surface area contributed by atoms with Crippen molar-refractivity contribution < 1.29 is 18.3 Å². The van der Waals surface area contributed by atoms with Gasteiger partial charge in [-0.05, 0) is 24.5 Å². The fourth-order valence-corrected chi connectivity index (χ4v) is 2.25. The van der Waals surface area contributed by atoms with Crippen LogP contribution in [0.25, 0.3) is 0 Å². The van der Waals surface area contributed by atoms with E-state index in [0.29, 0.717) is 11.4 Å². The number of unbranched alkanes of at least 4 members (excludes halogenated alkanes) is 1. The molecule has 0 amide bonds. The number of aryl methyl sites for hydroxylation is 1. The lowest BCUT2D eigenvalue weighted by atomic mass is 10.1. The molecule has 0 aromatic heterocycles. The zero-order valence-electron chi connectivity index (χ0n) is 11.3. The molecule has 19 heavy (non-hydrogen) atoms. The highest BCUT2D eigenvalue weighted by molar-refractivity contribution is 7.92. The van der Waals surface area contributed by atoms with E-state index in [2.05, 4.69) is 11.6 Å². The minimum atomic E-state index is -3.30. The average molecular weight is 287 g/mol. The summed E-state index contributed by atoms with van der Waals surface area (Å²) < 4.78 is 30.2. The second-order valence-corrected chi connectivity index (χ2v) is 6.12. The van der Waals surface area contributed by atoms with Crippen LogP contribution >= 0.6 is 0 Å². The standard InChI is InChI=1S/C13H21NO4S/c1-3-4-5-11-6-7-12(14-19(2,16)17)10-13(11)18-9-8-15/h6-7,10,14-15H,3-5,8-9H2,1-2H3. The Bertz CT molecular complexity index is 499. The summed E-state index contributed by atoms with van der Waals surface area (Å²) in [5, 5.41) is 8.81. The van der Waals surface area contributed by atoms with Crippen molar-refractivity contribution in [3.63, 3.8) is 0 Å². The van der Waals surface area contributed by atoms with Crippen molar-refractivity contribution in [1.82, 2.24) is 0 Å². The first kappa shape index (κ1) is 15.8. The molecule has 5 nitrogen and oxygen atoms in total. The lowest BCUT2D eigenvalue weighted by molar-refractivity contribution is 0.200. The monoisotopic (exact) mass is 287 g/mol. The van der Waals surface area contributed by atoms with Gasteiger partial charge in [0.25, 0.3) is 0 Å². The summed E-state index contributed by atoms with van der Waals surface area (Å²) in [6.07, 6.45) is 4.08. The molecule has 1 aromatic carbocycles. The van der Waals surface area contributed by atoms with E-state index < -0.39 is 10.0 Å². The first-order valence-electron chi connectivity index (χ1n) is 6.30. The van der Waals surface area contributed by atoms with Gasteiger partial charge in [-0.25, -0.2) is 8.42 Å². The van der Waals surface area contributed by atoms with Crippen LogP contribution in [0.2, 0.25) is 0 Å². The second-order valence-electron chi connectivity index (χ2n) is 4.37. The van der Waals surface area contributed by atoms with Crippen LogP contribution in [-0.4, -0.2) is 33.0 Å². The van der Waals surface area contributed by atoms with E-state index in [1.165, 1.54) is 0 Å². The van der Waals surface area contributed by atoms with Gasteiger partial charge < -0.3 is 9.84 Å². The number of sulfonamides is 1. The van der Waals surface area contributed by atoms with Crippen molar-refractivity contribution in [2.75, 3.05) is 24.2 Å². The highest BCUT2D eigenvalue weighted by Crippen LogP contribution is 2.25. The Labute approximate surface area is 114 Å². The first-order valence-corrected chi connectivity index (χ1v) is 8.19. The highest BCUT2D eigenvalue weighted by atomic mass is 32.2. The summed E-state index contributed by atoms with van der Waals surface area (Å²) >= 11 is 0. The number of benzene rings is 1. The van der Waals surface area contributed by atoms with Crippen LogP contribution < -0.4 is 9.46 Å². The van der Waals surface area contributed by atoms with Crippen molar-refractivity contribution in [3.8, 4) is 5.75 Å². The molecule has 2 N–H and O–H groups in total. The molecule has 108 valence electrons. The van der Waals surface area contributed by atoms with Gasteiger partial charge in [-0.15, -0.1) is 0 Å². The lowest BCUT2D eigenvalue weighted by Gasteiger charge is -2.13. The van der Waals surface area contributed by atoms with Gasteiger partial charge in [0.15, 0.2) is 0 Å². The normalized spacial score (nSPS) is 11.3. The maximum atomic E-state index is 11.2. The van der Waals surface area contributed by atoms with Gasteiger partial charge in [0.1, 0.15) is 12.4 Å². The van der Waals surface area contributed by atoms with Crippen LogP contribution in [0.1, 0.15) is 25.3 Å². The summed E-state index contributed by atoms with van der Waals surface area (Å²) in [4.78, 5) is 0. The molecular formula is C13H21NO4S. The van der Waals surface area contributed by atoms with E-state index in [-0.39, 0.29) is 13.2 Å². The predicted octanol–water partition coefficient (Wildman–Crippen LogP) is 1.77. The van der Waals surface area contributed by atoms with Gasteiger partial charge in [-0.1, -0.05) is 19.4 Å². The number of anilines is 1. The molecule has 0 saturated heterocycles. The number of aliphatic hydroxyl groups is 1. The molecular weight excluding hydrogens is 266 g/mol. The SMILES string of the molecule is CCCCc1ccc(NS(C)(=O)=O)cc1OCCO. The molecule has 6 heteroatoms.